The van der Waals surface area contributed by atoms with Gasteiger partial charge in [-0.2, -0.15) is 0 Å². The lowest BCUT2D eigenvalue weighted by molar-refractivity contribution is -0.161. The molecule has 0 spiro atoms. The molecule has 19 heteroatoms. The molecule has 0 amide bonds. The van der Waals surface area contributed by atoms with Crippen LogP contribution in [0.1, 0.15) is 324 Å². The van der Waals surface area contributed by atoms with Gasteiger partial charge < -0.3 is 33.8 Å². The lowest BCUT2D eigenvalue weighted by Gasteiger charge is -2.21. The molecule has 0 aromatic carbocycles. The second-order valence-electron chi connectivity index (χ2n) is 23.6. The van der Waals surface area contributed by atoms with Crippen LogP contribution in [0, 0.1) is 5.92 Å². The van der Waals surface area contributed by atoms with Crippen molar-refractivity contribution in [1.29, 1.82) is 0 Å². The van der Waals surface area contributed by atoms with Crippen molar-refractivity contribution in [2.24, 2.45) is 5.92 Å². The number of hydrogen-bond donors (Lipinski definition) is 3. The summed E-state index contributed by atoms with van der Waals surface area (Å²) < 4.78 is 67.9. The van der Waals surface area contributed by atoms with Gasteiger partial charge in [0, 0.05) is 25.7 Å². The molecule has 2 unspecified atom stereocenters. The molecule has 0 rings (SSSR count). The first-order valence-electron chi connectivity index (χ1n) is 33.6. The van der Waals surface area contributed by atoms with Crippen molar-refractivity contribution in [2.45, 2.75) is 342 Å². The fraction of sp³-hybridized carbons (Fsp3) is 0.938. The van der Waals surface area contributed by atoms with E-state index in [1.165, 1.54) is 128 Å². The van der Waals surface area contributed by atoms with Gasteiger partial charge in [0.1, 0.15) is 19.3 Å². The van der Waals surface area contributed by atoms with E-state index in [0.717, 1.165) is 109 Å². The van der Waals surface area contributed by atoms with Crippen molar-refractivity contribution in [1.82, 2.24) is 0 Å². The predicted octanol–water partition coefficient (Wildman–Crippen LogP) is 17.8. The molecule has 0 aromatic rings. The van der Waals surface area contributed by atoms with Crippen LogP contribution in [0.5, 0.6) is 0 Å². The van der Waals surface area contributed by atoms with Gasteiger partial charge in [0.15, 0.2) is 12.2 Å². The van der Waals surface area contributed by atoms with Gasteiger partial charge in [0.2, 0.25) is 0 Å². The molecule has 0 bridgehead atoms. The summed E-state index contributed by atoms with van der Waals surface area (Å²) >= 11 is 0. The number of hydrogen-bond acceptors (Lipinski definition) is 15. The molecule has 0 saturated carbocycles. The molecule has 17 nitrogen and oxygen atoms in total. The van der Waals surface area contributed by atoms with Crippen molar-refractivity contribution >= 4 is 39.5 Å². The maximum Gasteiger partial charge on any atom is 0.472 e. The van der Waals surface area contributed by atoms with Crippen molar-refractivity contribution in [3.63, 3.8) is 0 Å². The Morgan fingerprint density at radius 2 is 0.554 bits per heavy atom. The minimum Gasteiger partial charge on any atom is -0.462 e. The third-order valence-electron chi connectivity index (χ3n) is 14.8. The van der Waals surface area contributed by atoms with Crippen LogP contribution >= 0.6 is 15.6 Å². The van der Waals surface area contributed by atoms with Crippen LogP contribution in [0.15, 0.2) is 0 Å². The summed E-state index contributed by atoms with van der Waals surface area (Å²) in [7, 11) is -9.88. The second-order valence-corrected chi connectivity index (χ2v) is 26.5. The summed E-state index contributed by atoms with van der Waals surface area (Å²) in [6, 6.07) is 0. The number of aliphatic hydroxyl groups is 1. The Bertz CT molecular complexity index is 1620. The minimum atomic E-state index is -4.94. The van der Waals surface area contributed by atoms with Gasteiger partial charge in [0.25, 0.3) is 0 Å². The van der Waals surface area contributed by atoms with Crippen LogP contribution in [0.2, 0.25) is 0 Å². The van der Waals surface area contributed by atoms with Crippen LogP contribution in [0.4, 0.5) is 0 Å². The maximum atomic E-state index is 13.0. The van der Waals surface area contributed by atoms with Gasteiger partial charge in [-0.25, -0.2) is 9.13 Å². The van der Waals surface area contributed by atoms with Crippen LogP contribution in [-0.2, 0) is 65.4 Å². The minimum absolute atomic E-state index is 0.105. The van der Waals surface area contributed by atoms with E-state index in [-0.39, 0.29) is 25.7 Å². The summed E-state index contributed by atoms with van der Waals surface area (Å²) in [4.78, 5) is 72.0. The topological polar surface area (TPSA) is 237 Å². The van der Waals surface area contributed by atoms with Gasteiger partial charge in [-0.15, -0.1) is 0 Å². The Labute approximate surface area is 505 Å². The van der Waals surface area contributed by atoms with E-state index in [1.807, 2.05) is 0 Å². The zero-order chi connectivity index (χ0) is 61.3. The Kier molecular flexibility index (Phi) is 56.4. The van der Waals surface area contributed by atoms with Crippen molar-refractivity contribution in [3.8, 4) is 0 Å². The number of phosphoric acid groups is 2. The Morgan fingerprint density at radius 3 is 0.819 bits per heavy atom. The molecule has 0 saturated heterocycles. The van der Waals surface area contributed by atoms with Crippen LogP contribution in [0.3, 0.4) is 0 Å². The Morgan fingerprint density at radius 1 is 0.325 bits per heavy atom. The molecule has 492 valence electrons. The first-order chi connectivity index (χ1) is 40.0. The second kappa shape index (κ2) is 57.8. The number of unbranched alkanes of at least 4 members (excludes halogenated alkanes) is 36. The van der Waals surface area contributed by atoms with E-state index in [2.05, 4.69) is 34.6 Å². The van der Waals surface area contributed by atoms with E-state index in [9.17, 15) is 43.2 Å². The summed E-state index contributed by atoms with van der Waals surface area (Å²) in [5, 5.41) is 10.5. The molecule has 0 aliphatic heterocycles. The van der Waals surface area contributed by atoms with E-state index in [1.54, 1.807) is 0 Å². The molecule has 0 aromatic heterocycles. The van der Waals surface area contributed by atoms with Crippen molar-refractivity contribution < 1.29 is 80.2 Å². The van der Waals surface area contributed by atoms with Crippen LogP contribution < -0.4 is 0 Å². The number of carbonyl (C=O) groups is 4. The van der Waals surface area contributed by atoms with Crippen LogP contribution in [-0.4, -0.2) is 96.7 Å². The number of carbonyl (C=O) groups excluding carboxylic acids is 4. The third kappa shape index (κ3) is 58.8. The first kappa shape index (κ1) is 81.1. The molecule has 5 atom stereocenters. The van der Waals surface area contributed by atoms with E-state index >= 15 is 0 Å². The maximum absolute atomic E-state index is 13.0. The lowest BCUT2D eigenvalue weighted by atomic mass is 10.0. The summed E-state index contributed by atoms with van der Waals surface area (Å²) in [6.07, 6.45) is 41.9. The Hall–Kier alpha value is -1.94. The van der Waals surface area contributed by atoms with Gasteiger partial charge in [0.05, 0.1) is 26.4 Å². The van der Waals surface area contributed by atoms with Gasteiger partial charge in [-0.05, 0) is 31.6 Å². The van der Waals surface area contributed by atoms with Gasteiger partial charge >= 0.3 is 39.5 Å². The molecule has 3 N–H and O–H groups in total. The average molecular weight is 1230 g/mol. The van der Waals surface area contributed by atoms with Crippen LogP contribution in [0.25, 0.3) is 0 Å². The zero-order valence-electron chi connectivity index (χ0n) is 53.3. The highest BCUT2D eigenvalue weighted by molar-refractivity contribution is 7.47. The Balaban J connectivity index is 5.17. The van der Waals surface area contributed by atoms with E-state index in [4.69, 9.17) is 37.0 Å². The molecule has 83 heavy (non-hydrogen) atoms. The van der Waals surface area contributed by atoms with Crippen molar-refractivity contribution in [2.75, 3.05) is 39.6 Å². The number of aliphatic hydroxyl groups excluding tert-OH is 1. The fourth-order valence-electron chi connectivity index (χ4n) is 9.58. The average Bonchev–Trinajstić information content (AvgIpc) is 3.45. The number of phosphoric ester groups is 2. The first-order valence-corrected chi connectivity index (χ1v) is 36.6. The monoisotopic (exact) mass is 1230 g/mol. The number of esters is 4. The standard InChI is InChI=1S/C64H124O17P2/c1-6-9-12-15-18-20-21-22-23-24-25-26-27-29-34-40-45-50-64(69)81-60(54-75-62(67)48-43-38-35-30-32-36-41-46-57(4)5)56-79-83(72,73)77-52-58(65)51-76-82(70,71)78-55-59(53-74-61(66)47-42-37-31-17-14-11-8-3)80-63(68)49-44-39-33-28-19-16-13-10-7-2/h57-60,65H,6-56H2,1-5H3,(H,70,71)(H,72,73)/t58-,59+,60+/m0/s1. The molecule has 0 radical (unpaired) electrons. The largest absolute Gasteiger partial charge is 0.472 e. The fourth-order valence-corrected chi connectivity index (χ4v) is 11.2. The molecule has 0 heterocycles. The molecular formula is C64H124O17P2. The highest BCUT2D eigenvalue weighted by atomic mass is 31.2. The number of rotatable bonds is 64. The van der Waals surface area contributed by atoms with E-state index in [0.29, 0.717) is 31.6 Å². The third-order valence-corrected chi connectivity index (χ3v) is 16.7. The quantitative estimate of drug-likeness (QED) is 0.0222. The summed E-state index contributed by atoms with van der Waals surface area (Å²) in [5.41, 5.74) is 0. The van der Waals surface area contributed by atoms with Crippen molar-refractivity contribution in [3.05, 3.63) is 0 Å². The zero-order valence-corrected chi connectivity index (χ0v) is 55.1. The molecule has 0 aliphatic carbocycles. The summed E-state index contributed by atoms with van der Waals surface area (Å²) in [5.74, 6) is -1.43. The van der Waals surface area contributed by atoms with Gasteiger partial charge in [-0.3, -0.25) is 37.3 Å². The number of ether oxygens (including phenoxy) is 4. The summed E-state index contributed by atoms with van der Waals surface area (Å²) in [6.45, 7) is 7.09. The SMILES string of the molecule is CCCCCCCCCCCCCCCCCCCC(=O)O[C@H](COC(=O)CCCCCCCCCC(C)C)COP(=O)(O)OC[C@@H](O)COP(=O)(O)OC[C@@H](COC(=O)CCCCCCCCC)OC(=O)CCCCCCCCCCC. The molecular weight excluding hydrogens is 1100 g/mol. The lowest BCUT2D eigenvalue weighted by Crippen LogP contribution is -2.30. The van der Waals surface area contributed by atoms with Gasteiger partial charge in [-0.1, -0.05) is 272 Å². The molecule has 0 aliphatic rings. The predicted molar refractivity (Wildman–Crippen MR) is 331 cm³/mol. The smallest absolute Gasteiger partial charge is 0.462 e. The normalized spacial score (nSPS) is 14.2. The highest BCUT2D eigenvalue weighted by Gasteiger charge is 2.30. The molecule has 0 fully saturated rings. The van der Waals surface area contributed by atoms with E-state index < -0.39 is 97.5 Å². The highest BCUT2D eigenvalue weighted by Crippen LogP contribution is 2.45.